The van der Waals surface area contributed by atoms with Gasteiger partial charge in [-0.3, -0.25) is 0 Å². The normalized spacial score (nSPS) is 40.0. The summed E-state index contributed by atoms with van der Waals surface area (Å²) in [6.45, 7) is 7.47. The van der Waals surface area contributed by atoms with Gasteiger partial charge in [-0.25, -0.2) is 0 Å². The largest absolute Gasteiger partial charge is 0.393 e. The van der Waals surface area contributed by atoms with Crippen molar-refractivity contribution in [1.29, 1.82) is 0 Å². The lowest BCUT2D eigenvalue weighted by molar-refractivity contribution is 0.103. The van der Waals surface area contributed by atoms with E-state index < -0.39 is 0 Å². The van der Waals surface area contributed by atoms with Gasteiger partial charge < -0.3 is 5.11 Å². The van der Waals surface area contributed by atoms with Crippen molar-refractivity contribution in [2.45, 2.75) is 123 Å². The molecule has 4 aliphatic rings. The van der Waals surface area contributed by atoms with Gasteiger partial charge in [0.2, 0.25) is 0 Å². The summed E-state index contributed by atoms with van der Waals surface area (Å²) in [7, 11) is 0. The van der Waals surface area contributed by atoms with E-state index in [4.69, 9.17) is 0 Å². The van der Waals surface area contributed by atoms with Crippen molar-refractivity contribution >= 4 is 0 Å². The molecule has 0 bridgehead atoms. The van der Waals surface area contributed by atoms with E-state index in [2.05, 4.69) is 26.8 Å². The molecule has 0 aromatic rings. The topological polar surface area (TPSA) is 20.2 Å². The summed E-state index contributed by atoms with van der Waals surface area (Å²) in [6.07, 6.45) is 22.5. The van der Waals surface area contributed by atoms with Crippen LogP contribution in [-0.4, -0.2) is 11.2 Å². The third-order valence-corrected chi connectivity index (χ3v) is 9.54. The molecule has 1 N–H and O–H groups in total. The molecule has 0 spiro atoms. The molecule has 0 heterocycles. The number of fused-ring (bicyclic) bond motifs is 4. The van der Waals surface area contributed by atoms with Crippen LogP contribution in [0.15, 0.2) is 22.8 Å². The molecule has 0 aliphatic heterocycles. The lowest BCUT2D eigenvalue weighted by Gasteiger charge is -2.51. The molecule has 4 rings (SSSR count). The van der Waals surface area contributed by atoms with Crippen LogP contribution in [0.3, 0.4) is 0 Å². The molecule has 2 fully saturated rings. The predicted octanol–water partition coefficient (Wildman–Crippen LogP) is 7.74. The van der Waals surface area contributed by atoms with Crippen LogP contribution in [-0.2, 0) is 0 Å². The molecule has 1 nitrogen and oxygen atoms in total. The zero-order valence-electron chi connectivity index (χ0n) is 18.9. The maximum Gasteiger partial charge on any atom is 0.0578 e. The fraction of sp³-hybridized carbons (Fsp3) is 0.852. The molecule has 0 aromatic heterocycles. The van der Waals surface area contributed by atoms with Crippen molar-refractivity contribution in [2.24, 2.45) is 22.7 Å². The third kappa shape index (κ3) is 3.55. The van der Waals surface area contributed by atoms with Crippen molar-refractivity contribution < 1.29 is 5.11 Å². The second-order valence-electron chi connectivity index (χ2n) is 11.1. The van der Waals surface area contributed by atoms with Gasteiger partial charge in [0.1, 0.15) is 0 Å². The first-order valence-electron chi connectivity index (χ1n) is 12.6. The van der Waals surface area contributed by atoms with Crippen LogP contribution >= 0.6 is 0 Å². The molecule has 0 amide bonds. The quantitative estimate of drug-likeness (QED) is 0.351. The van der Waals surface area contributed by atoms with Gasteiger partial charge >= 0.3 is 0 Å². The third-order valence-electron chi connectivity index (χ3n) is 9.54. The van der Waals surface area contributed by atoms with Gasteiger partial charge in [-0.2, -0.15) is 0 Å². The number of aliphatic hydroxyl groups is 1. The lowest BCUT2D eigenvalue weighted by Crippen LogP contribution is -2.41. The van der Waals surface area contributed by atoms with E-state index in [1.54, 1.807) is 5.57 Å². The average molecular weight is 385 g/mol. The minimum atomic E-state index is -0.0940. The standard InChI is InChI=1S/C27H44O/c1-4-5-6-7-8-9-10-20-12-14-24-23-13-11-21-19-22(28)15-17-27(21,3)25(23)16-18-26(20,24)2/h11,20,22,24,28H,4-10,12-19H2,1-3H3/t20-,22-,24?,26+,27-/m0/s1. The molecule has 1 unspecified atom stereocenters. The fourth-order valence-electron chi connectivity index (χ4n) is 7.65. The number of allylic oxidation sites excluding steroid dienone is 3. The second kappa shape index (κ2) is 8.29. The minimum Gasteiger partial charge on any atom is -0.393 e. The highest BCUT2D eigenvalue weighted by Crippen LogP contribution is 2.64. The van der Waals surface area contributed by atoms with Crippen LogP contribution in [0.1, 0.15) is 117 Å². The van der Waals surface area contributed by atoms with E-state index in [1.165, 1.54) is 83.5 Å². The zero-order valence-corrected chi connectivity index (χ0v) is 18.9. The Morgan fingerprint density at radius 1 is 1.00 bits per heavy atom. The highest BCUT2D eigenvalue weighted by Gasteiger charge is 2.53. The monoisotopic (exact) mass is 384 g/mol. The number of hydrogen-bond donors (Lipinski definition) is 1. The number of unbranched alkanes of at least 4 members (excludes halogenated alkanes) is 5. The Morgan fingerprint density at radius 2 is 1.79 bits per heavy atom. The first-order chi connectivity index (χ1) is 13.5. The van der Waals surface area contributed by atoms with Crippen LogP contribution in [0, 0.1) is 22.7 Å². The second-order valence-corrected chi connectivity index (χ2v) is 11.1. The number of hydrogen-bond acceptors (Lipinski definition) is 1. The smallest absolute Gasteiger partial charge is 0.0578 e. The van der Waals surface area contributed by atoms with Crippen LogP contribution < -0.4 is 0 Å². The molecular formula is C27H44O. The summed E-state index contributed by atoms with van der Waals surface area (Å²) in [5.74, 6) is 1.81. The van der Waals surface area contributed by atoms with Crippen LogP contribution in [0.25, 0.3) is 0 Å². The maximum absolute atomic E-state index is 10.2. The lowest BCUT2D eigenvalue weighted by atomic mass is 9.54. The van der Waals surface area contributed by atoms with E-state index in [-0.39, 0.29) is 11.5 Å². The summed E-state index contributed by atoms with van der Waals surface area (Å²) >= 11 is 0. The number of aliphatic hydroxyl groups excluding tert-OH is 1. The Bertz CT molecular complexity index is 628. The maximum atomic E-state index is 10.2. The van der Waals surface area contributed by atoms with Gasteiger partial charge in [0.05, 0.1) is 6.10 Å². The molecule has 4 aliphatic carbocycles. The molecule has 0 aromatic carbocycles. The Morgan fingerprint density at radius 3 is 2.61 bits per heavy atom. The Labute approximate surface area is 174 Å². The van der Waals surface area contributed by atoms with E-state index in [9.17, 15) is 5.11 Å². The van der Waals surface area contributed by atoms with Crippen molar-refractivity contribution in [1.82, 2.24) is 0 Å². The number of rotatable bonds is 7. The van der Waals surface area contributed by atoms with Gasteiger partial charge in [-0.05, 0) is 75.0 Å². The average Bonchev–Trinajstić information content (AvgIpc) is 3.01. The van der Waals surface area contributed by atoms with Crippen molar-refractivity contribution in [3.8, 4) is 0 Å². The van der Waals surface area contributed by atoms with Crippen molar-refractivity contribution in [2.75, 3.05) is 0 Å². The molecule has 0 radical (unpaired) electrons. The molecule has 5 atom stereocenters. The van der Waals surface area contributed by atoms with Gasteiger partial charge in [-0.15, -0.1) is 0 Å². The van der Waals surface area contributed by atoms with Gasteiger partial charge in [0, 0.05) is 5.41 Å². The van der Waals surface area contributed by atoms with Gasteiger partial charge in [0.25, 0.3) is 0 Å². The molecular weight excluding hydrogens is 340 g/mol. The summed E-state index contributed by atoms with van der Waals surface area (Å²) in [6, 6.07) is 0. The molecule has 28 heavy (non-hydrogen) atoms. The van der Waals surface area contributed by atoms with Crippen molar-refractivity contribution in [3.63, 3.8) is 0 Å². The molecule has 2 saturated carbocycles. The molecule has 158 valence electrons. The Kier molecular flexibility index (Phi) is 6.13. The summed E-state index contributed by atoms with van der Waals surface area (Å²) in [4.78, 5) is 0. The van der Waals surface area contributed by atoms with E-state index in [0.29, 0.717) is 5.41 Å². The van der Waals surface area contributed by atoms with Crippen LogP contribution in [0.5, 0.6) is 0 Å². The summed E-state index contributed by atoms with van der Waals surface area (Å²) in [5.41, 5.74) is 6.08. The van der Waals surface area contributed by atoms with Crippen LogP contribution in [0.4, 0.5) is 0 Å². The zero-order chi connectivity index (χ0) is 19.8. The predicted molar refractivity (Wildman–Crippen MR) is 119 cm³/mol. The first-order valence-corrected chi connectivity index (χ1v) is 12.6. The molecule has 1 heteroatoms. The fourth-order valence-corrected chi connectivity index (χ4v) is 7.65. The first kappa shape index (κ1) is 20.7. The van der Waals surface area contributed by atoms with E-state index >= 15 is 0 Å². The van der Waals surface area contributed by atoms with Gasteiger partial charge in [0.15, 0.2) is 0 Å². The van der Waals surface area contributed by atoms with Crippen LogP contribution in [0.2, 0.25) is 0 Å². The SMILES string of the molecule is CCCCCCCC[C@H]1CCC2C3=C(CC[C@@]21C)[C@@]1(C)CC[C@H](O)CC1=CC3. The highest BCUT2D eigenvalue weighted by molar-refractivity contribution is 5.43. The minimum absolute atomic E-state index is 0.0940. The Hall–Kier alpha value is -0.560. The molecule has 0 saturated heterocycles. The van der Waals surface area contributed by atoms with Crippen molar-refractivity contribution in [3.05, 3.63) is 22.8 Å². The van der Waals surface area contributed by atoms with E-state index in [1.807, 2.05) is 11.1 Å². The highest BCUT2D eigenvalue weighted by atomic mass is 16.3. The van der Waals surface area contributed by atoms with Gasteiger partial charge in [-0.1, -0.05) is 82.1 Å². The summed E-state index contributed by atoms with van der Waals surface area (Å²) < 4.78 is 0. The van der Waals surface area contributed by atoms with E-state index in [0.717, 1.165) is 24.7 Å². The summed E-state index contributed by atoms with van der Waals surface area (Å²) in [5, 5.41) is 10.2. The Balaban J connectivity index is 1.43.